The molecular weight excluding hydrogens is 445 g/mol. The van der Waals surface area contributed by atoms with Gasteiger partial charge in [-0.25, -0.2) is 30.7 Å². The lowest BCUT2D eigenvalue weighted by atomic mass is 9.99. The van der Waals surface area contributed by atoms with Gasteiger partial charge in [0.1, 0.15) is 23.3 Å². The van der Waals surface area contributed by atoms with Crippen molar-refractivity contribution >= 4 is 10.8 Å². The van der Waals surface area contributed by atoms with E-state index < -0.39 is 51.8 Å². The SMILES string of the molecule is CCc1cc(F)c(-c2cc(F)c(C#Cc3ccc4c(F)c(F)c(F)cc4c3)c(F)c2)c(F)c1. The van der Waals surface area contributed by atoms with Gasteiger partial charge >= 0.3 is 0 Å². The van der Waals surface area contributed by atoms with Crippen LogP contribution < -0.4 is 0 Å². The molecule has 33 heavy (non-hydrogen) atoms. The average molecular weight is 458 g/mol. The molecule has 0 amide bonds. The molecule has 4 aromatic rings. The summed E-state index contributed by atoms with van der Waals surface area (Å²) in [5.74, 6) is -3.78. The predicted molar refractivity (Wildman–Crippen MR) is 111 cm³/mol. The van der Waals surface area contributed by atoms with Crippen LogP contribution in [0.4, 0.5) is 30.7 Å². The first-order chi connectivity index (χ1) is 15.7. The van der Waals surface area contributed by atoms with Crippen LogP contribution in [0.25, 0.3) is 21.9 Å². The van der Waals surface area contributed by atoms with E-state index in [1.54, 1.807) is 6.92 Å². The second kappa shape index (κ2) is 8.62. The normalized spacial score (nSPS) is 10.9. The molecular formula is C26H13F7. The molecule has 7 heteroatoms. The van der Waals surface area contributed by atoms with E-state index in [0.717, 1.165) is 30.3 Å². The van der Waals surface area contributed by atoms with Crippen molar-refractivity contribution in [3.05, 3.63) is 106 Å². The minimum atomic E-state index is -1.61. The van der Waals surface area contributed by atoms with E-state index in [4.69, 9.17) is 0 Å². The van der Waals surface area contributed by atoms with Crippen molar-refractivity contribution in [2.45, 2.75) is 13.3 Å². The number of hydrogen-bond acceptors (Lipinski definition) is 0. The lowest BCUT2D eigenvalue weighted by Crippen LogP contribution is -1.97. The summed E-state index contributed by atoms with van der Waals surface area (Å²) in [5.41, 5.74) is -0.985. The van der Waals surface area contributed by atoms with Crippen molar-refractivity contribution in [1.82, 2.24) is 0 Å². The van der Waals surface area contributed by atoms with Crippen molar-refractivity contribution in [2.75, 3.05) is 0 Å². The summed E-state index contributed by atoms with van der Waals surface area (Å²) in [6.07, 6.45) is 0.383. The monoisotopic (exact) mass is 458 g/mol. The average Bonchev–Trinajstić information content (AvgIpc) is 2.76. The van der Waals surface area contributed by atoms with Crippen molar-refractivity contribution in [3.8, 4) is 23.0 Å². The van der Waals surface area contributed by atoms with Gasteiger partial charge in [-0.3, -0.25) is 0 Å². The standard InChI is InChI=1S/C26H13F7/c1-2-13-8-21(29)24(22(30)9-13)16-11-19(27)18(20(28)12-16)6-4-14-3-5-17-15(7-14)10-23(31)26(33)25(17)32/h3,5,7-12H,2H2,1H3. The van der Waals surface area contributed by atoms with Crippen LogP contribution in [0.5, 0.6) is 0 Å². The summed E-state index contributed by atoms with van der Waals surface area (Å²) in [6.45, 7) is 1.71. The summed E-state index contributed by atoms with van der Waals surface area (Å²) < 4.78 is 98.5. The zero-order valence-electron chi connectivity index (χ0n) is 17.0. The Morgan fingerprint density at radius 1 is 0.636 bits per heavy atom. The molecule has 0 aliphatic heterocycles. The van der Waals surface area contributed by atoms with Crippen molar-refractivity contribution in [2.24, 2.45) is 0 Å². The quantitative estimate of drug-likeness (QED) is 0.166. The Hall–Kier alpha value is -3.79. The van der Waals surface area contributed by atoms with Gasteiger partial charge in [0.15, 0.2) is 17.5 Å². The molecule has 0 saturated carbocycles. The van der Waals surface area contributed by atoms with Crippen LogP contribution >= 0.6 is 0 Å². The predicted octanol–water partition coefficient (Wildman–Crippen LogP) is 7.44. The Balaban J connectivity index is 1.74. The maximum absolute atomic E-state index is 14.6. The summed E-state index contributed by atoms with van der Waals surface area (Å²) in [6, 6.07) is 8.19. The highest BCUT2D eigenvalue weighted by atomic mass is 19.2. The molecule has 0 bridgehead atoms. The highest BCUT2D eigenvalue weighted by molar-refractivity contribution is 5.84. The smallest absolute Gasteiger partial charge is 0.195 e. The molecule has 0 aromatic heterocycles. The van der Waals surface area contributed by atoms with Crippen LogP contribution in [0, 0.1) is 52.6 Å². The van der Waals surface area contributed by atoms with E-state index in [9.17, 15) is 30.7 Å². The molecule has 0 N–H and O–H groups in total. The number of aryl methyl sites for hydroxylation is 1. The topological polar surface area (TPSA) is 0 Å². The van der Waals surface area contributed by atoms with Crippen LogP contribution in [0.1, 0.15) is 23.6 Å². The molecule has 0 radical (unpaired) electrons. The third-order valence-corrected chi connectivity index (χ3v) is 5.15. The first kappa shape index (κ1) is 22.4. The Labute approximate surface area is 184 Å². The van der Waals surface area contributed by atoms with Crippen LogP contribution in [0.15, 0.2) is 48.5 Å². The van der Waals surface area contributed by atoms with Gasteiger partial charge in [0, 0.05) is 10.9 Å². The van der Waals surface area contributed by atoms with Crippen molar-refractivity contribution in [3.63, 3.8) is 0 Å². The van der Waals surface area contributed by atoms with Crippen LogP contribution in [-0.4, -0.2) is 0 Å². The minimum absolute atomic E-state index is 0.0102. The van der Waals surface area contributed by atoms with Crippen LogP contribution in [0.3, 0.4) is 0 Å². The molecule has 166 valence electrons. The Morgan fingerprint density at radius 3 is 1.88 bits per heavy atom. The molecule has 0 aliphatic rings. The van der Waals surface area contributed by atoms with E-state index >= 15 is 0 Å². The second-order valence-corrected chi connectivity index (χ2v) is 7.28. The Kier molecular flexibility index (Phi) is 5.86. The first-order valence-corrected chi connectivity index (χ1v) is 9.76. The molecule has 0 saturated heterocycles. The fourth-order valence-electron chi connectivity index (χ4n) is 3.46. The summed E-state index contributed by atoms with van der Waals surface area (Å²) in [7, 11) is 0. The zero-order valence-corrected chi connectivity index (χ0v) is 17.0. The maximum Gasteiger partial charge on any atom is 0.195 e. The maximum atomic E-state index is 14.6. The summed E-state index contributed by atoms with van der Waals surface area (Å²) >= 11 is 0. The van der Waals surface area contributed by atoms with E-state index in [1.165, 1.54) is 18.2 Å². The fourth-order valence-corrected chi connectivity index (χ4v) is 3.46. The lowest BCUT2D eigenvalue weighted by molar-refractivity contribution is 0.453. The summed E-state index contributed by atoms with van der Waals surface area (Å²) in [4.78, 5) is 0. The first-order valence-electron chi connectivity index (χ1n) is 9.76. The largest absolute Gasteiger partial charge is 0.206 e. The third kappa shape index (κ3) is 4.17. The van der Waals surface area contributed by atoms with Gasteiger partial charge in [-0.1, -0.05) is 24.8 Å². The molecule has 0 aliphatic carbocycles. The van der Waals surface area contributed by atoms with Crippen LogP contribution in [-0.2, 0) is 6.42 Å². The zero-order chi connectivity index (χ0) is 23.9. The molecule has 4 rings (SSSR count). The number of halogens is 7. The molecule has 4 aromatic carbocycles. The highest BCUT2D eigenvalue weighted by Gasteiger charge is 2.18. The molecule has 0 atom stereocenters. The van der Waals surface area contributed by atoms with E-state index in [2.05, 4.69) is 11.8 Å². The van der Waals surface area contributed by atoms with Gasteiger partial charge in [-0.05, 0) is 65.4 Å². The third-order valence-electron chi connectivity index (χ3n) is 5.15. The summed E-state index contributed by atoms with van der Waals surface area (Å²) in [5, 5.41) is -0.171. The molecule has 0 heterocycles. The molecule has 0 fully saturated rings. The number of hydrogen-bond donors (Lipinski definition) is 0. The van der Waals surface area contributed by atoms with Gasteiger partial charge in [-0.2, -0.15) is 0 Å². The van der Waals surface area contributed by atoms with E-state index in [0.29, 0.717) is 12.0 Å². The van der Waals surface area contributed by atoms with Gasteiger partial charge in [0.05, 0.1) is 11.1 Å². The lowest BCUT2D eigenvalue weighted by Gasteiger charge is -2.09. The number of rotatable bonds is 2. The van der Waals surface area contributed by atoms with E-state index in [1.807, 2.05) is 0 Å². The van der Waals surface area contributed by atoms with Crippen molar-refractivity contribution in [1.29, 1.82) is 0 Å². The fraction of sp³-hybridized carbons (Fsp3) is 0.0769. The Bertz CT molecular complexity index is 1430. The van der Waals surface area contributed by atoms with Gasteiger partial charge in [0.25, 0.3) is 0 Å². The van der Waals surface area contributed by atoms with Crippen molar-refractivity contribution < 1.29 is 30.7 Å². The number of fused-ring (bicyclic) bond motifs is 1. The Morgan fingerprint density at radius 2 is 1.27 bits per heavy atom. The van der Waals surface area contributed by atoms with Gasteiger partial charge in [0.2, 0.25) is 0 Å². The van der Waals surface area contributed by atoms with E-state index in [-0.39, 0.29) is 21.9 Å². The number of benzene rings is 4. The molecule has 0 unspecified atom stereocenters. The van der Waals surface area contributed by atoms with Gasteiger partial charge in [-0.15, -0.1) is 0 Å². The van der Waals surface area contributed by atoms with Gasteiger partial charge < -0.3 is 0 Å². The minimum Gasteiger partial charge on any atom is -0.206 e. The van der Waals surface area contributed by atoms with Crippen LogP contribution in [0.2, 0.25) is 0 Å². The highest BCUT2D eigenvalue weighted by Crippen LogP contribution is 2.30. The molecule has 0 nitrogen and oxygen atoms in total. The molecule has 0 spiro atoms. The second-order valence-electron chi connectivity index (χ2n) is 7.28.